The van der Waals surface area contributed by atoms with Crippen molar-refractivity contribution in [2.75, 3.05) is 0 Å². The van der Waals surface area contributed by atoms with Gasteiger partial charge in [0.15, 0.2) is 0 Å². The zero-order chi connectivity index (χ0) is 15.9. The predicted octanol–water partition coefficient (Wildman–Crippen LogP) is 5.63. The van der Waals surface area contributed by atoms with Crippen molar-refractivity contribution in [3.63, 3.8) is 0 Å². The van der Waals surface area contributed by atoms with Crippen LogP contribution >= 0.6 is 0 Å². The molecule has 3 aromatic rings. The summed E-state index contributed by atoms with van der Waals surface area (Å²) in [5.41, 5.74) is 5.71. The summed E-state index contributed by atoms with van der Waals surface area (Å²) in [7, 11) is 2.13. The molecule has 0 N–H and O–H groups in total. The molecule has 1 aromatic heterocycles. The van der Waals surface area contributed by atoms with Crippen LogP contribution in [-0.4, -0.2) is 4.57 Å². The smallest absolute Gasteiger partial charge is 0.0516 e. The molecule has 0 saturated heterocycles. The molecule has 0 bridgehead atoms. The van der Waals surface area contributed by atoms with Gasteiger partial charge in [-0.3, -0.25) is 0 Å². The van der Waals surface area contributed by atoms with Gasteiger partial charge in [0.25, 0.3) is 0 Å². The summed E-state index contributed by atoms with van der Waals surface area (Å²) < 4.78 is 2.23. The van der Waals surface area contributed by atoms with E-state index in [-0.39, 0.29) is 5.41 Å². The Morgan fingerprint density at radius 3 is 2.23 bits per heavy atom. The van der Waals surface area contributed by atoms with Crippen molar-refractivity contribution in [2.24, 2.45) is 7.05 Å². The van der Waals surface area contributed by atoms with Crippen LogP contribution < -0.4 is 0 Å². The Kier molecular flexibility index (Phi) is 3.60. The highest BCUT2D eigenvalue weighted by Crippen LogP contribution is 2.32. The second-order valence-corrected chi connectivity index (χ2v) is 7.31. The number of hydrogen-bond acceptors (Lipinski definition) is 0. The average molecular weight is 291 g/mol. The predicted molar refractivity (Wildman–Crippen MR) is 95.6 cm³/mol. The zero-order valence-corrected chi connectivity index (χ0v) is 14.2. The van der Waals surface area contributed by atoms with Crippen LogP contribution in [0.1, 0.15) is 50.3 Å². The summed E-state index contributed by atoms with van der Waals surface area (Å²) in [5.74, 6) is 0.395. The first kappa shape index (κ1) is 14.9. The monoisotopic (exact) mass is 291 g/mol. The molecule has 114 valence electrons. The number of aromatic nitrogens is 1. The molecule has 0 spiro atoms. The van der Waals surface area contributed by atoms with E-state index in [9.17, 15) is 0 Å². The molecule has 2 aromatic carbocycles. The Labute approximate surface area is 133 Å². The van der Waals surface area contributed by atoms with Crippen LogP contribution in [0.5, 0.6) is 0 Å². The van der Waals surface area contributed by atoms with E-state index in [2.05, 4.69) is 94.0 Å². The topological polar surface area (TPSA) is 4.93 Å². The quantitative estimate of drug-likeness (QED) is 0.577. The van der Waals surface area contributed by atoms with Crippen molar-refractivity contribution in [3.8, 4) is 0 Å². The van der Waals surface area contributed by atoms with Crippen molar-refractivity contribution < 1.29 is 0 Å². The van der Waals surface area contributed by atoms with Crippen LogP contribution in [0.3, 0.4) is 0 Å². The van der Waals surface area contributed by atoms with Crippen molar-refractivity contribution >= 4 is 10.9 Å². The number of hydrogen-bond donors (Lipinski definition) is 0. The fourth-order valence-electron chi connectivity index (χ4n) is 3.19. The number of nitrogens with zero attached hydrogens (tertiary/aromatic N) is 1. The molecule has 0 aliphatic rings. The van der Waals surface area contributed by atoms with Crippen LogP contribution in [0.4, 0.5) is 0 Å². The van der Waals surface area contributed by atoms with Gasteiger partial charge in [0, 0.05) is 19.2 Å². The van der Waals surface area contributed by atoms with Gasteiger partial charge in [0.05, 0.1) is 5.52 Å². The summed E-state index contributed by atoms with van der Waals surface area (Å²) in [4.78, 5) is 0. The van der Waals surface area contributed by atoms with Gasteiger partial charge in [-0.15, -0.1) is 0 Å². The number of aryl methyl sites for hydroxylation is 1. The Morgan fingerprint density at radius 1 is 0.909 bits per heavy atom. The van der Waals surface area contributed by atoms with Crippen LogP contribution in [0, 0.1) is 0 Å². The fraction of sp³-hybridized carbons (Fsp3) is 0.333. The van der Waals surface area contributed by atoms with E-state index in [4.69, 9.17) is 0 Å². The number of para-hydroxylation sites is 1. The molecule has 3 rings (SSSR count). The average Bonchev–Trinajstić information content (AvgIpc) is 2.87. The molecule has 0 radical (unpaired) electrons. The molecule has 0 amide bonds. The maximum Gasteiger partial charge on any atom is 0.0516 e. The second-order valence-electron chi connectivity index (χ2n) is 7.31. The van der Waals surface area contributed by atoms with Crippen LogP contribution in [-0.2, 0) is 12.5 Å². The largest absolute Gasteiger partial charge is 0.350 e. The third kappa shape index (κ3) is 2.56. The number of fused-ring (bicyclic) bond motifs is 1. The van der Waals surface area contributed by atoms with E-state index in [1.807, 2.05) is 0 Å². The van der Waals surface area contributed by atoms with E-state index in [0.717, 1.165) is 0 Å². The summed E-state index contributed by atoms with van der Waals surface area (Å²) >= 11 is 0. The van der Waals surface area contributed by atoms with Crippen LogP contribution in [0.15, 0.2) is 54.7 Å². The molecule has 0 aliphatic carbocycles. The van der Waals surface area contributed by atoms with Gasteiger partial charge >= 0.3 is 0 Å². The van der Waals surface area contributed by atoms with Gasteiger partial charge in [0.1, 0.15) is 0 Å². The second kappa shape index (κ2) is 5.31. The SMILES string of the molecule is CC(c1ccc(C(C)(C)C)cc1)c1cccc2ccn(C)c12. The van der Waals surface area contributed by atoms with Crippen molar-refractivity contribution in [3.05, 3.63) is 71.4 Å². The normalized spacial score (nSPS) is 13.5. The molecule has 22 heavy (non-hydrogen) atoms. The lowest BCUT2D eigenvalue weighted by atomic mass is 9.84. The van der Waals surface area contributed by atoms with Crippen molar-refractivity contribution in [1.82, 2.24) is 4.57 Å². The zero-order valence-electron chi connectivity index (χ0n) is 14.2. The molecule has 1 heteroatoms. The minimum atomic E-state index is 0.208. The Morgan fingerprint density at radius 2 is 1.59 bits per heavy atom. The van der Waals surface area contributed by atoms with E-state index in [1.165, 1.54) is 27.6 Å². The summed E-state index contributed by atoms with van der Waals surface area (Å²) in [6, 6.07) is 17.9. The highest BCUT2D eigenvalue weighted by Gasteiger charge is 2.16. The highest BCUT2D eigenvalue weighted by molar-refractivity contribution is 5.84. The lowest BCUT2D eigenvalue weighted by Crippen LogP contribution is -2.11. The lowest BCUT2D eigenvalue weighted by molar-refractivity contribution is 0.590. The minimum Gasteiger partial charge on any atom is -0.350 e. The van der Waals surface area contributed by atoms with Gasteiger partial charge in [-0.2, -0.15) is 0 Å². The van der Waals surface area contributed by atoms with Gasteiger partial charge in [-0.05, 0) is 33.6 Å². The molecular weight excluding hydrogens is 266 g/mol. The van der Waals surface area contributed by atoms with Gasteiger partial charge in [-0.25, -0.2) is 0 Å². The van der Waals surface area contributed by atoms with Gasteiger partial charge in [-0.1, -0.05) is 70.2 Å². The first-order chi connectivity index (χ1) is 10.4. The molecule has 0 fully saturated rings. The minimum absolute atomic E-state index is 0.208. The first-order valence-electron chi connectivity index (χ1n) is 8.02. The molecular formula is C21H25N. The van der Waals surface area contributed by atoms with E-state index < -0.39 is 0 Å². The standard InChI is InChI=1S/C21H25N/c1-15(16-9-11-18(12-10-16)21(2,3)4)19-8-6-7-17-13-14-22(5)20(17)19/h6-15H,1-5H3. The van der Waals surface area contributed by atoms with Gasteiger partial charge < -0.3 is 4.57 Å². The Bertz CT molecular complexity index is 785. The molecule has 1 unspecified atom stereocenters. The highest BCUT2D eigenvalue weighted by atomic mass is 14.9. The molecule has 0 aliphatic heterocycles. The van der Waals surface area contributed by atoms with Crippen molar-refractivity contribution in [1.29, 1.82) is 0 Å². The first-order valence-corrected chi connectivity index (χ1v) is 8.02. The Balaban J connectivity index is 2.02. The third-order valence-corrected chi connectivity index (χ3v) is 4.67. The van der Waals surface area contributed by atoms with E-state index >= 15 is 0 Å². The molecule has 1 heterocycles. The van der Waals surface area contributed by atoms with Crippen LogP contribution in [0.25, 0.3) is 10.9 Å². The summed E-state index contributed by atoms with van der Waals surface area (Å²) in [5, 5.41) is 1.32. The molecule has 0 saturated carbocycles. The van der Waals surface area contributed by atoms with E-state index in [0.29, 0.717) is 5.92 Å². The maximum absolute atomic E-state index is 2.30. The Hall–Kier alpha value is -2.02. The number of rotatable bonds is 2. The lowest BCUT2D eigenvalue weighted by Gasteiger charge is -2.21. The van der Waals surface area contributed by atoms with E-state index in [1.54, 1.807) is 0 Å². The fourth-order valence-corrected chi connectivity index (χ4v) is 3.19. The summed E-state index contributed by atoms with van der Waals surface area (Å²) in [6.45, 7) is 9.08. The molecule has 1 atom stereocenters. The van der Waals surface area contributed by atoms with Crippen LogP contribution in [0.2, 0.25) is 0 Å². The van der Waals surface area contributed by atoms with Gasteiger partial charge in [0.2, 0.25) is 0 Å². The summed E-state index contributed by atoms with van der Waals surface area (Å²) in [6.07, 6.45) is 2.14. The number of benzene rings is 2. The molecule has 1 nitrogen and oxygen atoms in total. The third-order valence-electron chi connectivity index (χ3n) is 4.67. The maximum atomic E-state index is 2.30. The van der Waals surface area contributed by atoms with Crippen molar-refractivity contribution in [2.45, 2.75) is 39.0 Å².